The van der Waals surface area contributed by atoms with Crippen LogP contribution in [0.3, 0.4) is 0 Å². The second-order valence-corrected chi connectivity index (χ2v) is 7.40. The summed E-state index contributed by atoms with van der Waals surface area (Å²) < 4.78 is 37.3. The Balaban J connectivity index is 2.41. The molecule has 9 heteroatoms. The molecule has 0 aliphatic carbocycles. The van der Waals surface area contributed by atoms with E-state index >= 15 is 0 Å². The first-order chi connectivity index (χ1) is 16.9. The molecule has 3 aromatic rings. The molecular formula is C26H28O9. The lowest BCUT2D eigenvalue weighted by Crippen LogP contribution is -2.16. The van der Waals surface area contributed by atoms with E-state index in [1.165, 1.54) is 49.8 Å². The third kappa shape index (κ3) is 4.75. The van der Waals surface area contributed by atoms with Gasteiger partial charge in [0.25, 0.3) is 0 Å². The minimum Gasteiger partial charge on any atom is -0.493 e. The van der Waals surface area contributed by atoms with E-state index in [4.69, 9.17) is 33.2 Å². The fourth-order valence-corrected chi connectivity index (χ4v) is 4.03. The summed E-state index contributed by atoms with van der Waals surface area (Å²) in [5.74, 6) is 0.931. The maximum absolute atomic E-state index is 13.0. The molecule has 0 saturated carbocycles. The molecule has 3 rings (SSSR count). The Hall–Kier alpha value is -4.14. The van der Waals surface area contributed by atoms with E-state index in [0.29, 0.717) is 45.1 Å². The number of ether oxygens (including phenoxy) is 7. The first-order valence-electron chi connectivity index (χ1n) is 10.5. The first kappa shape index (κ1) is 25.5. The summed E-state index contributed by atoms with van der Waals surface area (Å²) in [6.07, 6.45) is 0.220. The quantitative estimate of drug-likeness (QED) is 0.417. The second kappa shape index (κ2) is 10.9. The van der Waals surface area contributed by atoms with Gasteiger partial charge in [0.2, 0.25) is 5.75 Å². The highest BCUT2D eigenvalue weighted by molar-refractivity contribution is 6.10. The number of esters is 2. The van der Waals surface area contributed by atoms with Gasteiger partial charge in [-0.1, -0.05) is 0 Å². The molecule has 0 atom stereocenters. The van der Waals surface area contributed by atoms with Crippen LogP contribution in [-0.4, -0.2) is 61.7 Å². The summed E-state index contributed by atoms with van der Waals surface area (Å²) in [7, 11) is 10.1. The molecule has 0 unspecified atom stereocenters. The van der Waals surface area contributed by atoms with Crippen molar-refractivity contribution in [2.75, 3.05) is 49.8 Å². The van der Waals surface area contributed by atoms with E-state index in [1.54, 1.807) is 30.3 Å². The molecule has 35 heavy (non-hydrogen) atoms. The normalized spacial score (nSPS) is 10.5. The number of benzene rings is 3. The zero-order chi connectivity index (χ0) is 25.7. The third-order valence-corrected chi connectivity index (χ3v) is 5.65. The van der Waals surface area contributed by atoms with Gasteiger partial charge in [-0.15, -0.1) is 0 Å². The van der Waals surface area contributed by atoms with Crippen LogP contribution in [0.25, 0.3) is 10.8 Å². The van der Waals surface area contributed by atoms with Crippen LogP contribution in [0.1, 0.15) is 31.8 Å². The van der Waals surface area contributed by atoms with Gasteiger partial charge in [-0.2, -0.15) is 0 Å². The van der Waals surface area contributed by atoms with Gasteiger partial charge in [0.1, 0.15) is 0 Å². The highest BCUT2D eigenvalue weighted by atomic mass is 16.5. The van der Waals surface area contributed by atoms with Crippen molar-refractivity contribution in [3.63, 3.8) is 0 Å². The highest BCUT2D eigenvalue weighted by Crippen LogP contribution is 2.41. The molecule has 0 amide bonds. The molecule has 0 aliphatic heterocycles. The van der Waals surface area contributed by atoms with Gasteiger partial charge in [-0.25, -0.2) is 9.59 Å². The molecule has 0 aromatic heterocycles. The van der Waals surface area contributed by atoms with Crippen molar-refractivity contribution in [3.8, 4) is 28.7 Å². The van der Waals surface area contributed by atoms with Gasteiger partial charge in [0.05, 0.1) is 60.9 Å². The van der Waals surface area contributed by atoms with Crippen LogP contribution in [0, 0.1) is 0 Å². The summed E-state index contributed by atoms with van der Waals surface area (Å²) >= 11 is 0. The van der Waals surface area contributed by atoms with Gasteiger partial charge in [0, 0.05) is 0 Å². The van der Waals surface area contributed by atoms with E-state index in [1.807, 2.05) is 0 Å². The molecule has 3 aromatic carbocycles. The van der Waals surface area contributed by atoms with Crippen molar-refractivity contribution in [3.05, 3.63) is 52.6 Å². The maximum atomic E-state index is 13.0. The van der Waals surface area contributed by atoms with Crippen LogP contribution >= 0.6 is 0 Å². The number of rotatable bonds is 9. The molecule has 186 valence electrons. The summed E-state index contributed by atoms with van der Waals surface area (Å²) in [4.78, 5) is 25.7. The molecule has 0 saturated heterocycles. The lowest BCUT2D eigenvalue weighted by atomic mass is 9.89. The minimum atomic E-state index is -0.676. The van der Waals surface area contributed by atoms with E-state index in [2.05, 4.69) is 0 Å². The topological polar surface area (TPSA) is 98.8 Å². The van der Waals surface area contributed by atoms with Gasteiger partial charge in [0.15, 0.2) is 23.0 Å². The molecule has 0 radical (unpaired) electrons. The van der Waals surface area contributed by atoms with E-state index in [9.17, 15) is 9.59 Å². The smallest absolute Gasteiger partial charge is 0.339 e. The fraction of sp³-hybridized carbons (Fsp3) is 0.308. The average Bonchev–Trinajstić information content (AvgIpc) is 2.90. The van der Waals surface area contributed by atoms with Crippen LogP contribution in [0.5, 0.6) is 28.7 Å². The van der Waals surface area contributed by atoms with Gasteiger partial charge in [-0.05, 0) is 58.7 Å². The molecule has 0 bridgehead atoms. The van der Waals surface area contributed by atoms with Crippen LogP contribution in [0.15, 0.2) is 30.3 Å². The summed E-state index contributed by atoms with van der Waals surface area (Å²) in [6.45, 7) is 0. The number of carbonyl (C=O) groups is 2. The standard InChI is InChI=1S/C26H28O9/c1-29-19-12-15-11-18(25(27)34-6)23(26(28)35-7)17(16(15)13-20(19)30-2)8-14-9-21(31-3)24(33-5)22(10-14)32-4/h9-13H,8H2,1-7H3. The number of fused-ring (bicyclic) bond motifs is 1. The zero-order valence-electron chi connectivity index (χ0n) is 20.8. The predicted octanol–water partition coefficient (Wildman–Crippen LogP) is 4.05. The third-order valence-electron chi connectivity index (χ3n) is 5.65. The molecular weight excluding hydrogens is 456 g/mol. The summed E-state index contributed by atoms with van der Waals surface area (Å²) in [5.41, 5.74) is 1.43. The molecule has 0 spiro atoms. The van der Waals surface area contributed by atoms with Crippen LogP contribution in [0.2, 0.25) is 0 Å². The summed E-state index contributed by atoms with van der Waals surface area (Å²) in [5, 5.41) is 1.32. The molecule has 0 N–H and O–H groups in total. The number of hydrogen-bond acceptors (Lipinski definition) is 9. The molecule has 0 heterocycles. The monoisotopic (exact) mass is 484 g/mol. The van der Waals surface area contributed by atoms with Crippen LogP contribution < -0.4 is 23.7 Å². The Bertz CT molecular complexity index is 1240. The first-order valence-corrected chi connectivity index (χ1v) is 10.5. The van der Waals surface area contributed by atoms with Crippen molar-refractivity contribution in [2.24, 2.45) is 0 Å². The Morgan fingerprint density at radius 2 is 1.17 bits per heavy atom. The van der Waals surface area contributed by atoms with Crippen molar-refractivity contribution >= 4 is 22.7 Å². The number of hydrogen-bond donors (Lipinski definition) is 0. The Morgan fingerprint density at radius 1 is 0.629 bits per heavy atom. The van der Waals surface area contributed by atoms with Crippen molar-refractivity contribution in [2.45, 2.75) is 6.42 Å². The zero-order valence-corrected chi connectivity index (χ0v) is 20.8. The Labute approximate surface area is 203 Å². The van der Waals surface area contributed by atoms with Gasteiger partial charge < -0.3 is 33.2 Å². The highest BCUT2D eigenvalue weighted by Gasteiger charge is 2.27. The minimum absolute atomic E-state index is 0.0708. The van der Waals surface area contributed by atoms with Gasteiger partial charge in [-0.3, -0.25) is 0 Å². The number of carbonyl (C=O) groups excluding carboxylic acids is 2. The number of methoxy groups -OCH3 is 7. The van der Waals surface area contributed by atoms with Crippen molar-refractivity contribution in [1.82, 2.24) is 0 Å². The van der Waals surface area contributed by atoms with E-state index < -0.39 is 11.9 Å². The molecule has 0 fully saturated rings. The molecule has 0 aliphatic rings. The van der Waals surface area contributed by atoms with Crippen LogP contribution in [0.4, 0.5) is 0 Å². The van der Waals surface area contributed by atoms with Crippen LogP contribution in [-0.2, 0) is 15.9 Å². The van der Waals surface area contributed by atoms with E-state index in [0.717, 1.165) is 5.56 Å². The predicted molar refractivity (Wildman–Crippen MR) is 129 cm³/mol. The van der Waals surface area contributed by atoms with E-state index in [-0.39, 0.29) is 17.5 Å². The maximum Gasteiger partial charge on any atom is 0.339 e. The van der Waals surface area contributed by atoms with Crippen molar-refractivity contribution in [1.29, 1.82) is 0 Å². The lowest BCUT2D eigenvalue weighted by Gasteiger charge is -2.19. The average molecular weight is 485 g/mol. The lowest BCUT2D eigenvalue weighted by molar-refractivity contribution is 0.0554. The Morgan fingerprint density at radius 3 is 1.66 bits per heavy atom. The largest absolute Gasteiger partial charge is 0.493 e. The second-order valence-electron chi connectivity index (χ2n) is 7.40. The fourth-order valence-electron chi connectivity index (χ4n) is 4.03. The molecule has 9 nitrogen and oxygen atoms in total. The van der Waals surface area contributed by atoms with Gasteiger partial charge >= 0.3 is 11.9 Å². The van der Waals surface area contributed by atoms with Crippen molar-refractivity contribution < 1.29 is 42.7 Å². The Kier molecular flexibility index (Phi) is 7.91. The SMILES string of the molecule is COC(=O)c1cc2cc(OC)c(OC)cc2c(Cc2cc(OC)c(OC)c(OC)c2)c1C(=O)OC. The summed E-state index contributed by atoms with van der Waals surface area (Å²) in [6, 6.07) is 8.63.